The number of hydrogen-bond donors (Lipinski definition) is 1. The van der Waals surface area contributed by atoms with Crippen molar-refractivity contribution >= 4 is 22.8 Å². The van der Waals surface area contributed by atoms with E-state index in [1.165, 1.54) is 0 Å². The molecule has 0 fully saturated rings. The zero-order valence-corrected chi connectivity index (χ0v) is 16.7. The molecule has 2 aromatic rings. The second-order valence-corrected chi connectivity index (χ2v) is 7.56. The fourth-order valence-corrected chi connectivity index (χ4v) is 2.88. The van der Waals surface area contributed by atoms with Crippen LogP contribution in [0.3, 0.4) is 0 Å². The van der Waals surface area contributed by atoms with Crippen molar-refractivity contribution in [1.82, 2.24) is 19.8 Å². The van der Waals surface area contributed by atoms with Crippen LogP contribution in [-0.4, -0.2) is 39.4 Å². The van der Waals surface area contributed by atoms with E-state index >= 15 is 0 Å². The number of rotatable bonds is 6. The third-order valence-corrected chi connectivity index (χ3v) is 4.51. The molecule has 0 bridgehead atoms. The monoisotopic (exact) mass is 358 g/mol. The number of aromatic nitrogens is 2. The molecule has 1 heterocycles. The highest BCUT2D eigenvalue weighted by Crippen LogP contribution is 2.23. The number of hydrogen-bond acceptors (Lipinski definition) is 3. The van der Waals surface area contributed by atoms with Crippen LogP contribution in [0, 0.1) is 5.41 Å². The van der Waals surface area contributed by atoms with Crippen LogP contribution in [0.4, 0.5) is 0 Å². The van der Waals surface area contributed by atoms with Gasteiger partial charge in [-0.15, -0.1) is 0 Å². The SMILES string of the molecule is CCN(CC)C(=O)Cn1c(C(C)NC(=O)C(C)(C)C)nc2ccccc21. The van der Waals surface area contributed by atoms with Crippen LogP contribution in [0.25, 0.3) is 11.0 Å². The Balaban J connectivity index is 2.39. The molecule has 0 saturated heterocycles. The van der Waals surface area contributed by atoms with E-state index < -0.39 is 5.41 Å². The average Bonchev–Trinajstić information content (AvgIpc) is 2.94. The summed E-state index contributed by atoms with van der Waals surface area (Å²) in [5.41, 5.74) is 1.24. The largest absolute Gasteiger partial charge is 0.346 e. The van der Waals surface area contributed by atoms with Crippen molar-refractivity contribution in [2.24, 2.45) is 5.41 Å². The number of imidazole rings is 1. The Hall–Kier alpha value is -2.37. The van der Waals surface area contributed by atoms with E-state index in [1.54, 1.807) is 4.90 Å². The van der Waals surface area contributed by atoms with Gasteiger partial charge in [-0.1, -0.05) is 32.9 Å². The van der Waals surface area contributed by atoms with Crippen molar-refractivity contribution < 1.29 is 9.59 Å². The van der Waals surface area contributed by atoms with Crippen LogP contribution < -0.4 is 5.32 Å². The normalized spacial score (nSPS) is 12.8. The Morgan fingerprint density at radius 3 is 2.38 bits per heavy atom. The van der Waals surface area contributed by atoms with E-state index in [4.69, 9.17) is 0 Å². The lowest BCUT2D eigenvalue weighted by molar-refractivity contribution is -0.131. The summed E-state index contributed by atoms with van der Waals surface area (Å²) in [6, 6.07) is 7.45. The summed E-state index contributed by atoms with van der Waals surface area (Å²) in [5.74, 6) is 0.705. The molecule has 2 amide bonds. The molecule has 142 valence electrons. The summed E-state index contributed by atoms with van der Waals surface area (Å²) in [6.45, 7) is 13.0. The molecule has 0 spiro atoms. The topological polar surface area (TPSA) is 67.2 Å². The second-order valence-electron chi connectivity index (χ2n) is 7.56. The maximum Gasteiger partial charge on any atom is 0.242 e. The first-order valence-electron chi connectivity index (χ1n) is 9.22. The quantitative estimate of drug-likeness (QED) is 0.863. The summed E-state index contributed by atoms with van der Waals surface area (Å²) >= 11 is 0. The van der Waals surface area contributed by atoms with Crippen molar-refractivity contribution in [1.29, 1.82) is 0 Å². The predicted octanol–water partition coefficient (Wildman–Crippen LogP) is 3.13. The molecule has 1 aromatic carbocycles. The molecule has 0 aliphatic rings. The average molecular weight is 358 g/mol. The summed E-state index contributed by atoms with van der Waals surface area (Å²) < 4.78 is 1.92. The number of amides is 2. The molecule has 0 aliphatic heterocycles. The van der Waals surface area contributed by atoms with Crippen LogP contribution in [0.15, 0.2) is 24.3 Å². The second kappa shape index (κ2) is 7.89. The van der Waals surface area contributed by atoms with Crippen molar-refractivity contribution in [3.63, 3.8) is 0 Å². The molecule has 2 rings (SSSR count). The number of carbonyl (C=O) groups excluding carboxylic acids is 2. The van der Waals surface area contributed by atoms with E-state index in [9.17, 15) is 9.59 Å². The first-order chi connectivity index (χ1) is 12.2. The van der Waals surface area contributed by atoms with Gasteiger partial charge >= 0.3 is 0 Å². The van der Waals surface area contributed by atoms with Gasteiger partial charge in [-0.3, -0.25) is 9.59 Å². The van der Waals surface area contributed by atoms with E-state index in [1.807, 2.05) is 70.4 Å². The number of nitrogens with zero attached hydrogens (tertiary/aromatic N) is 3. The molecule has 1 atom stereocenters. The van der Waals surface area contributed by atoms with Gasteiger partial charge in [0.25, 0.3) is 0 Å². The zero-order chi connectivity index (χ0) is 19.5. The minimum atomic E-state index is -0.484. The lowest BCUT2D eigenvalue weighted by atomic mass is 9.95. The van der Waals surface area contributed by atoms with Gasteiger partial charge in [-0.05, 0) is 32.9 Å². The van der Waals surface area contributed by atoms with Gasteiger partial charge in [-0.25, -0.2) is 4.98 Å². The van der Waals surface area contributed by atoms with Gasteiger partial charge in [0.15, 0.2) is 0 Å². The summed E-state index contributed by atoms with van der Waals surface area (Å²) in [6.07, 6.45) is 0. The molecule has 0 aliphatic carbocycles. The molecule has 26 heavy (non-hydrogen) atoms. The number of fused-ring (bicyclic) bond motifs is 1. The third-order valence-electron chi connectivity index (χ3n) is 4.51. The molecule has 6 heteroatoms. The Morgan fingerprint density at radius 1 is 1.19 bits per heavy atom. The molecule has 1 unspecified atom stereocenters. The fourth-order valence-electron chi connectivity index (χ4n) is 2.88. The molecule has 1 aromatic heterocycles. The van der Waals surface area contributed by atoms with Gasteiger partial charge in [0.05, 0.1) is 17.1 Å². The Bertz CT molecular complexity index is 785. The van der Waals surface area contributed by atoms with Crippen LogP contribution in [0.2, 0.25) is 0 Å². The highest BCUT2D eigenvalue weighted by molar-refractivity contribution is 5.83. The number of nitrogens with one attached hydrogen (secondary N) is 1. The summed E-state index contributed by atoms with van der Waals surface area (Å²) in [4.78, 5) is 31.5. The number of carbonyl (C=O) groups is 2. The zero-order valence-electron chi connectivity index (χ0n) is 16.7. The van der Waals surface area contributed by atoms with Gasteiger partial charge < -0.3 is 14.8 Å². The van der Waals surface area contributed by atoms with Crippen LogP contribution in [-0.2, 0) is 16.1 Å². The molecule has 1 N–H and O–H groups in total. The maximum atomic E-state index is 12.7. The van der Waals surface area contributed by atoms with E-state index in [0.29, 0.717) is 18.9 Å². The highest BCUT2D eigenvalue weighted by Gasteiger charge is 2.26. The first kappa shape index (κ1) is 19.9. The van der Waals surface area contributed by atoms with E-state index in [-0.39, 0.29) is 24.4 Å². The smallest absolute Gasteiger partial charge is 0.242 e. The lowest BCUT2D eigenvalue weighted by Gasteiger charge is -2.23. The van der Waals surface area contributed by atoms with Crippen LogP contribution in [0.5, 0.6) is 0 Å². The van der Waals surface area contributed by atoms with Gasteiger partial charge in [0.1, 0.15) is 12.4 Å². The third kappa shape index (κ3) is 4.23. The summed E-state index contributed by atoms with van der Waals surface area (Å²) in [7, 11) is 0. The first-order valence-corrected chi connectivity index (χ1v) is 9.22. The minimum absolute atomic E-state index is 0.0429. The number of para-hydroxylation sites is 2. The molecule has 0 saturated carbocycles. The van der Waals surface area contributed by atoms with Crippen molar-refractivity contribution in [3.05, 3.63) is 30.1 Å². The maximum absolute atomic E-state index is 12.7. The van der Waals surface area contributed by atoms with E-state index in [0.717, 1.165) is 11.0 Å². The van der Waals surface area contributed by atoms with Crippen LogP contribution >= 0.6 is 0 Å². The number of likely N-dealkylation sites (N-methyl/N-ethyl adjacent to an activating group) is 1. The Kier molecular flexibility index (Phi) is 6.05. The van der Waals surface area contributed by atoms with Crippen molar-refractivity contribution in [2.75, 3.05) is 13.1 Å². The summed E-state index contributed by atoms with van der Waals surface area (Å²) in [5, 5.41) is 3.02. The van der Waals surface area contributed by atoms with Crippen LogP contribution in [0.1, 0.15) is 53.4 Å². The van der Waals surface area contributed by atoms with Gasteiger partial charge in [0.2, 0.25) is 11.8 Å². The van der Waals surface area contributed by atoms with Gasteiger partial charge in [0, 0.05) is 18.5 Å². The van der Waals surface area contributed by atoms with E-state index in [2.05, 4.69) is 10.3 Å². The highest BCUT2D eigenvalue weighted by atomic mass is 16.2. The molecular formula is C20H30N4O2. The molecule has 0 radical (unpaired) electrons. The molecule has 6 nitrogen and oxygen atoms in total. The Morgan fingerprint density at radius 2 is 1.81 bits per heavy atom. The van der Waals surface area contributed by atoms with Crippen molar-refractivity contribution in [2.45, 2.75) is 54.1 Å². The number of benzene rings is 1. The predicted molar refractivity (Wildman–Crippen MR) is 104 cm³/mol. The van der Waals surface area contributed by atoms with Gasteiger partial charge in [-0.2, -0.15) is 0 Å². The minimum Gasteiger partial charge on any atom is -0.346 e. The Labute approximate surface area is 155 Å². The fraction of sp³-hybridized carbons (Fsp3) is 0.550. The molecular weight excluding hydrogens is 328 g/mol. The van der Waals surface area contributed by atoms with Crippen molar-refractivity contribution in [3.8, 4) is 0 Å². The lowest BCUT2D eigenvalue weighted by Crippen LogP contribution is -2.38. The standard InChI is InChI=1S/C20H30N4O2/c1-7-23(8-2)17(25)13-24-16-12-10-9-11-15(16)22-18(24)14(3)21-19(26)20(4,5)6/h9-12,14H,7-8,13H2,1-6H3,(H,21,26).